The van der Waals surface area contributed by atoms with E-state index in [9.17, 15) is 4.79 Å². The van der Waals surface area contributed by atoms with Crippen molar-refractivity contribution in [1.82, 2.24) is 4.90 Å². The van der Waals surface area contributed by atoms with E-state index in [0.717, 1.165) is 6.54 Å². The summed E-state index contributed by atoms with van der Waals surface area (Å²) >= 11 is 1.67. The molecule has 3 nitrogen and oxygen atoms in total. The summed E-state index contributed by atoms with van der Waals surface area (Å²) in [5, 5.41) is 13.0. The number of hydrogen-bond donors (Lipinski definition) is 1. The van der Waals surface area contributed by atoms with Crippen LogP contribution in [0.5, 0.6) is 0 Å². The number of carboxylic acid groups (broad SMARTS) is 1. The van der Waals surface area contributed by atoms with Crippen molar-refractivity contribution < 1.29 is 9.90 Å². The molecule has 1 aliphatic rings. The van der Waals surface area contributed by atoms with Gasteiger partial charge in [-0.2, -0.15) is 11.3 Å². The number of carbonyl (C=O) groups is 1. The van der Waals surface area contributed by atoms with E-state index in [-0.39, 0.29) is 5.57 Å². The Labute approximate surface area is 99.0 Å². The van der Waals surface area contributed by atoms with Crippen LogP contribution in [-0.2, 0) is 11.3 Å². The van der Waals surface area contributed by atoms with E-state index in [0.29, 0.717) is 12.6 Å². The number of rotatable bonds is 6. The average molecular weight is 237 g/mol. The molecule has 0 bridgehead atoms. The molecule has 1 heterocycles. The van der Waals surface area contributed by atoms with Crippen LogP contribution in [0.3, 0.4) is 0 Å². The van der Waals surface area contributed by atoms with Crippen molar-refractivity contribution in [2.45, 2.75) is 25.4 Å². The van der Waals surface area contributed by atoms with Crippen molar-refractivity contribution in [3.63, 3.8) is 0 Å². The summed E-state index contributed by atoms with van der Waals surface area (Å²) in [6, 6.07) is 2.64. The molecule has 0 atom stereocenters. The second kappa shape index (κ2) is 4.80. The molecule has 0 radical (unpaired) electrons. The van der Waals surface area contributed by atoms with E-state index in [1.165, 1.54) is 18.4 Å². The van der Waals surface area contributed by atoms with Crippen LogP contribution in [0, 0.1) is 0 Å². The van der Waals surface area contributed by atoms with Gasteiger partial charge in [-0.3, -0.25) is 4.90 Å². The van der Waals surface area contributed by atoms with Gasteiger partial charge in [0.25, 0.3) is 0 Å². The molecule has 1 N–H and O–H groups in total. The normalized spacial score (nSPS) is 15.3. The Bertz CT molecular complexity index is 382. The lowest BCUT2D eigenvalue weighted by molar-refractivity contribution is -0.132. The number of hydrogen-bond acceptors (Lipinski definition) is 3. The summed E-state index contributed by atoms with van der Waals surface area (Å²) in [7, 11) is 0. The van der Waals surface area contributed by atoms with Crippen molar-refractivity contribution in [3.8, 4) is 0 Å². The molecule has 0 unspecified atom stereocenters. The molecule has 1 aromatic rings. The molecule has 0 saturated heterocycles. The van der Waals surface area contributed by atoms with E-state index >= 15 is 0 Å². The maximum absolute atomic E-state index is 10.8. The molecular weight excluding hydrogens is 222 g/mol. The molecule has 1 aromatic heterocycles. The summed E-state index contributed by atoms with van der Waals surface area (Å²) in [6.07, 6.45) is 2.36. The van der Waals surface area contributed by atoms with Gasteiger partial charge in [-0.15, -0.1) is 0 Å². The lowest BCUT2D eigenvalue weighted by atomic mass is 10.2. The van der Waals surface area contributed by atoms with Crippen molar-refractivity contribution in [2.24, 2.45) is 0 Å². The van der Waals surface area contributed by atoms with Crippen LogP contribution in [0.4, 0.5) is 0 Å². The minimum Gasteiger partial charge on any atom is -0.478 e. The first-order valence-corrected chi connectivity index (χ1v) is 6.27. The third-order valence-corrected chi connectivity index (χ3v) is 3.46. The van der Waals surface area contributed by atoms with Crippen molar-refractivity contribution in [3.05, 3.63) is 34.5 Å². The van der Waals surface area contributed by atoms with Crippen LogP contribution >= 0.6 is 11.3 Å². The minimum absolute atomic E-state index is 0.280. The van der Waals surface area contributed by atoms with Crippen LogP contribution in [0.1, 0.15) is 18.4 Å². The van der Waals surface area contributed by atoms with Gasteiger partial charge < -0.3 is 5.11 Å². The Balaban J connectivity index is 1.95. The highest BCUT2D eigenvalue weighted by molar-refractivity contribution is 7.07. The van der Waals surface area contributed by atoms with Gasteiger partial charge in [0.05, 0.1) is 0 Å². The highest BCUT2D eigenvalue weighted by atomic mass is 32.1. The Morgan fingerprint density at radius 1 is 1.62 bits per heavy atom. The number of thiophene rings is 1. The summed E-state index contributed by atoms with van der Waals surface area (Å²) in [5.74, 6) is -0.893. The van der Waals surface area contributed by atoms with E-state index in [1.807, 2.05) is 5.38 Å². The average Bonchev–Trinajstić information content (AvgIpc) is 2.97. The number of aliphatic carboxylic acids is 1. The molecule has 86 valence electrons. The van der Waals surface area contributed by atoms with Gasteiger partial charge in [-0.1, -0.05) is 6.58 Å². The second-order valence-electron chi connectivity index (χ2n) is 4.18. The summed E-state index contributed by atoms with van der Waals surface area (Å²) in [6.45, 7) is 4.90. The quantitative estimate of drug-likeness (QED) is 0.772. The third-order valence-electron chi connectivity index (χ3n) is 2.73. The highest BCUT2D eigenvalue weighted by Gasteiger charge is 2.29. The van der Waals surface area contributed by atoms with Gasteiger partial charge in [-0.05, 0) is 35.2 Å². The first-order valence-electron chi connectivity index (χ1n) is 5.33. The Morgan fingerprint density at radius 3 is 2.88 bits per heavy atom. The van der Waals surface area contributed by atoms with E-state index in [1.54, 1.807) is 11.3 Å². The predicted molar refractivity (Wildman–Crippen MR) is 64.5 cm³/mol. The van der Waals surface area contributed by atoms with Crippen LogP contribution < -0.4 is 0 Å². The third kappa shape index (κ3) is 2.93. The smallest absolute Gasteiger partial charge is 0.332 e. The molecule has 4 heteroatoms. The zero-order valence-corrected chi connectivity index (χ0v) is 9.87. The fraction of sp³-hybridized carbons (Fsp3) is 0.417. The highest BCUT2D eigenvalue weighted by Crippen LogP contribution is 2.29. The summed E-state index contributed by atoms with van der Waals surface area (Å²) in [4.78, 5) is 13.0. The lowest BCUT2D eigenvalue weighted by Crippen LogP contribution is -2.29. The van der Waals surface area contributed by atoms with Gasteiger partial charge in [0.2, 0.25) is 0 Å². The van der Waals surface area contributed by atoms with E-state index < -0.39 is 5.97 Å². The molecule has 0 amide bonds. The lowest BCUT2D eigenvalue weighted by Gasteiger charge is -2.21. The second-order valence-corrected chi connectivity index (χ2v) is 4.96. The van der Waals surface area contributed by atoms with Crippen LogP contribution in [0.25, 0.3) is 0 Å². The minimum atomic E-state index is -0.893. The maximum atomic E-state index is 10.8. The zero-order valence-electron chi connectivity index (χ0n) is 9.06. The SMILES string of the molecule is C=C(CN(Cc1ccsc1)C1CC1)C(=O)O. The summed E-state index contributed by atoms with van der Waals surface area (Å²) in [5.41, 5.74) is 1.54. The molecular formula is C12H15NO2S. The number of carboxylic acids is 1. The Kier molecular flexibility index (Phi) is 3.41. The van der Waals surface area contributed by atoms with Crippen LogP contribution in [-0.4, -0.2) is 28.6 Å². The topological polar surface area (TPSA) is 40.5 Å². The molecule has 0 aromatic carbocycles. The largest absolute Gasteiger partial charge is 0.478 e. The fourth-order valence-corrected chi connectivity index (χ4v) is 2.34. The monoisotopic (exact) mass is 237 g/mol. The van der Waals surface area contributed by atoms with Crippen LogP contribution in [0.2, 0.25) is 0 Å². The van der Waals surface area contributed by atoms with Crippen molar-refractivity contribution in [1.29, 1.82) is 0 Å². The Hall–Kier alpha value is -1.13. The van der Waals surface area contributed by atoms with E-state index in [2.05, 4.69) is 22.9 Å². The molecule has 1 aliphatic carbocycles. The molecule has 1 saturated carbocycles. The Morgan fingerprint density at radius 2 is 2.38 bits per heavy atom. The molecule has 16 heavy (non-hydrogen) atoms. The van der Waals surface area contributed by atoms with Crippen molar-refractivity contribution >= 4 is 17.3 Å². The molecule has 1 fully saturated rings. The van der Waals surface area contributed by atoms with Gasteiger partial charge in [0.1, 0.15) is 0 Å². The van der Waals surface area contributed by atoms with Gasteiger partial charge in [-0.25, -0.2) is 4.79 Å². The van der Waals surface area contributed by atoms with Gasteiger partial charge in [0, 0.05) is 24.7 Å². The summed E-state index contributed by atoms with van der Waals surface area (Å²) < 4.78 is 0. The fourth-order valence-electron chi connectivity index (χ4n) is 1.68. The van der Waals surface area contributed by atoms with Gasteiger partial charge in [0.15, 0.2) is 0 Å². The maximum Gasteiger partial charge on any atom is 0.332 e. The predicted octanol–water partition coefficient (Wildman–Crippen LogP) is 2.35. The molecule has 0 spiro atoms. The van der Waals surface area contributed by atoms with Crippen LogP contribution in [0.15, 0.2) is 29.0 Å². The molecule has 0 aliphatic heterocycles. The van der Waals surface area contributed by atoms with E-state index in [4.69, 9.17) is 5.11 Å². The van der Waals surface area contributed by atoms with Crippen molar-refractivity contribution in [2.75, 3.05) is 6.54 Å². The number of nitrogens with zero attached hydrogens (tertiary/aromatic N) is 1. The zero-order chi connectivity index (χ0) is 11.5. The standard InChI is InChI=1S/C12H15NO2S/c1-9(12(14)15)6-13(11-2-3-11)7-10-4-5-16-8-10/h4-5,8,11H,1-3,6-7H2,(H,14,15). The first kappa shape index (κ1) is 11.4. The first-order chi connectivity index (χ1) is 7.66. The molecule has 2 rings (SSSR count). The van der Waals surface area contributed by atoms with Gasteiger partial charge >= 0.3 is 5.97 Å².